The van der Waals surface area contributed by atoms with Crippen molar-refractivity contribution >= 4 is 22.5 Å². The maximum Gasteiger partial charge on any atom is 0.284 e. The molecule has 7 heteroatoms. The third-order valence-corrected chi connectivity index (χ3v) is 3.34. The van der Waals surface area contributed by atoms with Gasteiger partial charge in [0.25, 0.3) is 5.82 Å². The number of aromatic amines is 1. The molecular formula is C13H11N5O2. The number of anilines is 2. The van der Waals surface area contributed by atoms with Gasteiger partial charge in [-0.2, -0.15) is 15.4 Å². The Morgan fingerprint density at radius 2 is 2.10 bits per heavy atom. The van der Waals surface area contributed by atoms with Crippen LogP contribution in [0.25, 0.3) is 11.0 Å². The second kappa shape index (κ2) is 4.09. The Morgan fingerprint density at radius 1 is 1.25 bits per heavy atom. The maximum atomic E-state index is 11.9. The van der Waals surface area contributed by atoms with Crippen LogP contribution >= 0.6 is 0 Å². The number of nitrogens with zero attached hydrogens (tertiary/aromatic N) is 4. The summed E-state index contributed by atoms with van der Waals surface area (Å²) in [6.07, 6.45) is 1.49. The van der Waals surface area contributed by atoms with E-state index >= 15 is 0 Å². The summed E-state index contributed by atoms with van der Waals surface area (Å²) in [4.78, 5) is 1.93. The highest BCUT2D eigenvalue weighted by Gasteiger charge is 2.28. The zero-order valence-electron chi connectivity index (χ0n) is 10.5. The van der Waals surface area contributed by atoms with Gasteiger partial charge in [-0.05, 0) is 6.07 Å². The van der Waals surface area contributed by atoms with Crippen LogP contribution in [-0.2, 0) is 0 Å². The Kier molecular flexibility index (Phi) is 2.26. The predicted octanol–water partition coefficient (Wildman–Crippen LogP) is 1.12. The molecule has 1 aromatic carbocycles. The van der Waals surface area contributed by atoms with Crippen LogP contribution in [0.1, 0.15) is 0 Å². The van der Waals surface area contributed by atoms with Crippen LogP contribution in [0.15, 0.2) is 36.5 Å². The molecule has 0 saturated carbocycles. The molecule has 1 aliphatic rings. The molecule has 0 bridgehead atoms. The Labute approximate surface area is 114 Å². The predicted molar refractivity (Wildman–Crippen MR) is 71.8 cm³/mol. The van der Waals surface area contributed by atoms with Crippen LogP contribution in [0.3, 0.4) is 0 Å². The van der Waals surface area contributed by atoms with E-state index in [1.54, 1.807) is 12.1 Å². The number of hydrogen-bond donors (Lipinski definition) is 1. The summed E-state index contributed by atoms with van der Waals surface area (Å²) in [6, 6.07) is 9.04. The number of H-pyrrole nitrogens is 1. The first-order chi connectivity index (χ1) is 9.83. The summed E-state index contributed by atoms with van der Waals surface area (Å²) in [6.45, 7) is 1.13. The van der Waals surface area contributed by atoms with Gasteiger partial charge in [0.2, 0.25) is 0 Å². The Bertz CT molecular complexity index is 785. The molecule has 7 nitrogen and oxygen atoms in total. The number of ether oxygens (including phenoxy) is 1. The number of aromatic nitrogens is 4. The fraction of sp³-hybridized carbons (Fsp3) is 0.154. The lowest BCUT2D eigenvalue weighted by Crippen LogP contribution is -2.39. The number of fused-ring (bicyclic) bond motifs is 2. The number of nitrogens with one attached hydrogen (secondary N) is 1. The van der Waals surface area contributed by atoms with E-state index in [0.717, 1.165) is 21.5 Å². The van der Waals surface area contributed by atoms with Gasteiger partial charge in [-0.25, -0.2) is 9.63 Å². The molecule has 100 valence electrons. The third kappa shape index (κ3) is 1.56. The molecule has 3 aromatic rings. The summed E-state index contributed by atoms with van der Waals surface area (Å²) in [5, 5.41) is 22.6. The van der Waals surface area contributed by atoms with E-state index in [9.17, 15) is 5.21 Å². The van der Waals surface area contributed by atoms with Gasteiger partial charge in [0.1, 0.15) is 24.2 Å². The lowest BCUT2D eigenvalue weighted by atomic mass is 10.2. The Hall–Kier alpha value is -2.83. The molecule has 1 N–H and O–H groups in total. The second-order valence-electron chi connectivity index (χ2n) is 4.52. The fourth-order valence-corrected chi connectivity index (χ4v) is 2.42. The van der Waals surface area contributed by atoms with E-state index in [2.05, 4.69) is 15.4 Å². The molecule has 1 aliphatic heterocycles. The van der Waals surface area contributed by atoms with Crippen molar-refractivity contribution < 1.29 is 9.47 Å². The first-order valence-corrected chi connectivity index (χ1v) is 6.26. The minimum absolute atomic E-state index is 0.519. The molecule has 0 radical (unpaired) electrons. The van der Waals surface area contributed by atoms with E-state index in [-0.39, 0.29) is 0 Å². The molecule has 4 rings (SSSR count). The van der Waals surface area contributed by atoms with Crippen LogP contribution in [-0.4, -0.2) is 28.6 Å². The van der Waals surface area contributed by atoms with Gasteiger partial charge in [0.05, 0.1) is 6.20 Å². The first kappa shape index (κ1) is 11.0. The SMILES string of the molecule is [O-][n+]1ccccc1N1CCOc2cc3n[nH]nc3cc21. The van der Waals surface area contributed by atoms with Gasteiger partial charge >= 0.3 is 0 Å². The number of benzene rings is 1. The van der Waals surface area contributed by atoms with Crippen molar-refractivity contribution in [1.29, 1.82) is 0 Å². The molecule has 0 amide bonds. The van der Waals surface area contributed by atoms with Crippen molar-refractivity contribution in [2.24, 2.45) is 0 Å². The van der Waals surface area contributed by atoms with Gasteiger partial charge in [-0.15, -0.1) is 0 Å². The van der Waals surface area contributed by atoms with E-state index in [1.807, 2.05) is 23.1 Å². The van der Waals surface area contributed by atoms with Crippen molar-refractivity contribution in [2.45, 2.75) is 0 Å². The second-order valence-corrected chi connectivity index (χ2v) is 4.52. The van der Waals surface area contributed by atoms with Gasteiger partial charge in [-0.1, -0.05) is 6.07 Å². The van der Waals surface area contributed by atoms with Crippen molar-refractivity contribution in [3.8, 4) is 5.75 Å². The monoisotopic (exact) mass is 269 g/mol. The molecular weight excluding hydrogens is 258 g/mol. The van der Waals surface area contributed by atoms with Crippen molar-refractivity contribution in [3.63, 3.8) is 0 Å². The van der Waals surface area contributed by atoms with Crippen LogP contribution in [0.2, 0.25) is 0 Å². The van der Waals surface area contributed by atoms with Gasteiger partial charge in [0, 0.05) is 18.2 Å². The molecule has 3 heterocycles. The minimum Gasteiger partial charge on any atom is -0.711 e. The van der Waals surface area contributed by atoms with Crippen LogP contribution < -0.4 is 14.4 Å². The molecule has 2 aromatic heterocycles. The first-order valence-electron chi connectivity index (χ1n) is 6.26. The zero-order valence-corrected chi connectivity index (χ0v) is 10.5. The van der Waals surface area contributed by atoms with Crippen molar-refractivity contribution in [2.75, 3.05) is 18.1 Å². The number of pyridine rings is 1. The molecule has 0 atom stereocenters. The molecule has 0 saturated heterocycles. The summed E-state index contributed by atoms with van der Waals surface area (Å²) in [7, 11) is 0. The molecule has 0 unspecified atom stereocenters. The van der Waals surface area contributed by atoms with Gasteiger partial charge < -0.3 is 9.94 Å². The quantitative estimate of drug-likeness (QED) is 0.529. The Balaban J connectivity index is 1.91. The normalized spacial score (nSPS) is 14.1. The lowest BCUT2D eigenvalue weighted by Gasteiger charge is -2.26. The molecule has 0 aliphatic carbocycles. The minimum atomic E-state index is 0.519. The fourth-order valence-electron chi connectivity index (χ4n) is 2.42. The van der Waals surface area contributed by atoms with E-state index in [0.29, 0.717) is 24.7 Å². The summed E-state index contributed by atoms with van der Waals surface area (Å²) >= 11 is 0. The van der Waals surface area contributed by atoms with E-state index in [4.69, 9.17) is 4.74 Å². The third-order valence-electron chi connectivity index (χ3n) is 3.34. The highest BCUT2D eigenvalue weighted by molar-refractivity contribution is 5.84. The zero-order chi connectivity index (χ0) is 13.5. The van der Waals surface area contributed by atoms with Crippen LogP contribution in [0.5, 0.6) is 5.75 Å². The topological polar surface area (TPSA) is 81.0 Å². The standard InChI is InChI=1S/C13H11N5O2/c19-18-4-2-1-3-13(18)17-5-6-20-12-8-10-9(7-11(12)17)14-16-15-10/h1-4,7-8H,5-6H2,(H,14,15,16). The summed E-state index contributed by atoms with van der Waals surface area (Å²) in [5.74, 6) is 1.28. The molecule has 20 heavy (non-hydrogen) atoms. The smallest absolute Gasteiger partial charge is 0.284 e. The number of rotatable bonds is 1. The highest BCUT2D eigenvalue weighted by Crippen LogP contribution is 2.37. The van der Waals surface area contributed by atoms with Crippen LogP contribution in [0, 0.1) is 5.21 Å². The maximum absolute atomic E-state index is 11.9. The van der Waals surface area contributed by atoms with E-state index in [1.165, 1.54) is 6.20 Å². The number of hydrogen-bond acceptors (Lipinski definition) is 5. The van der Waals surface area contributed by atoms with Crippen molar-refractivity contribution in [1.82, 2.24) is 15.4 Å². The van der Waals surface area contributed by atoms with Crippen molar-refractivity contribution in [3.05, 3.63) is 41.7 Å². The Morgan fingerprint density at radius 3 is 2.95 bits per heavy atom. The summed E-state index contributed by atoms with van der Waals surface area (Å²) in [5.41, 5.74) is 2.31. The van der Waals surface area contributed by atoms with E-state index < -0.39 is 0 Å². The molecule has 0 fully saturated rings. The highest BCUT2D eigenvalue weighted by atomic mass is 16.5. The van der Waals surface area contributed by atoms with Gasteiger partial charge in [0.15, 0.2) is 11.4 Å². The average Bonchev–Trinajstić information content (AvgIpc) is 2.92. The summed E-state index contributed by atoms with van der Waals surface area (Å²) < 4.78 is 6.51. The van der Waals surface area contributed by atoms with Crippen LogP contribution in [0.4, 0.5) is 11.5 Å². The molecule has 0 spiro atoms. The van der Waals surface area contributed by atoms with Gasteiger partial charge in [-0.3, -0.25) is 0 Å². The lowest BCUT2D eigenvalue weighted by molar-refractivity contribution is -0.591. The largest absolute Gasteiger partial charge is 0.711 e. The average molecular weight is 269 g/mol.